The molecule has 8 nitrogen and oxygen atoms in total. The first kappa shape index (κ1) is 24.8. The van der Waals surface area contributed by atoms with Crippen LogP contribution in [0.2, 0.25) is 0 Å². The first-order chi connectivity index (χ1) is 14.4. The highest BCUT2D eigenvalue weighted by molar-refractivity contribution is 7.92. The number of hydrogen-bond donors (Lipinski definition) is 1. The predicted molar refractivity (Wildman–Crippen MR) is 123 cm³/mol. The zero-order chi connectivity index (χ0) is 23.4. The molecule has 0 aliphatic carbocycles. The molecule has 0 saturated heterocycles. The third-order valence-electron chi connectivity index (χ3n) is 4.86. The van der Waals surface area contributed by atoms with Gasteiger partial charge in [-0.05, 0) is 49.2 Å². The quantitative estimate of drug-likeness (QED) is 0.611. The van der Waals surface area contributed by atoms with Crippen molar-refractivity contribution < 1.29 is 21.6 Å². The second kappa shape index (κ2) is 9.80. The van der Waals surface area contributed by atoms with Crippen LogP contribution in [0.4, 0.5) is 11.4 Å². The Labute approximate surface area is 185 Å². The lowest BCUT2D eigenvalue weighted by Crippen LogP contribution is -2.38. The average molecular weight is 468 g/mol. The number of hydrogen-bond acceptors (Lipinski definition) is 5. The van der Waals surface area contributed by atoms with Crippen LogP contribution in [0.15, 0.2) is 47.4 Å². The number of nitrogens with zero attached hydrogens (tertiary/aromatic N) is 2. The van der Waals surface area contributed by atoms with Gasteiger partial charge < -0.3 is 5.32 Å². The van der Waals surface area contributed by atoms with Crippen molar-refractivity contribution in [2.24, 2.45) is 0 Å². The number of rotatable bonds is 9. The minimum atomic E-state index is -3.70. The van der Waals surface area contributed by atoms with E-state index in [4.69, 9.17) is 0 Å². The maximum atomic E-state index is 12.6. The topological polar surface area (TPSA) is 104 Å². The smallest absolute Gasteiger partial charge is 0.245 e. The van der Waals surface area contributed by atoms with Crippen LogP contribution in [0.3, 0.4) is 0 Å². The molecule has 0 aliphatic rings. The summed E-state index contributed by atoms with van der Waals surface area (Å²) in [7, 11) is -7.30. The number of benzene rings is 2. The van der Waals surface area contributed by atoms with Crippen molar-refractivity contribution in [1.29, 1.82) is 0 Å². The zero-order valence-electron chi connectivity index (χ0n) is 18.4. The van der Waals surface area contributed by atoms with Crippen molar-refractivity contribution in [3.05, 3.63) is 53.6 Å². The number of amides is 1. The molecular weight excluding hydrogens is 438 g/mol. The molecule has 0 saturated carbocycles. The van der Waals surface area contributed by atoms with Crippen LogP contribution < -0.4 is 9.62 Å². The summed E-state index contributed by atoms with van der Waals surface area (Å²) in [6.45, 7) is 7.41. The minimum absolute atomic E-state index is 0.127. The van der Waals surface area contributed by atoms with Crippen LogP contribution in [0.1, 0.15) is 25.0 Å². The number of carbonyl (C=O) groups is 1. The van der Waals surface area contributed by atoms with Gasteiger partial charge in [0.05, 0.1) is 16.8 Å². The van der Waals surface area contributed by atoms with Gasteiger partial charge in [-0.3, -0.25) is 9.10 Å². The van der Waals surface area contributed by atoms with Crippen LogP contribution in [0, 0.1) is 13.8 Å². The molecule has 0 fully saturated rings. The van der Waals surface area contributed by atoms with Gasteiger partial charge in [-0.2, -0.15) is 4.31 Å². The maximum Gasteiger partial charge on any atom is 0.245 e. The van der Waals surface area contributed by atoms with Gasteiger partial charge in [0.2, 0.25) is 26.0 Å². The summed E-state index contributed by atoms with van der Waals surface area (Å²) in [6, 6.07) is 11.2. The Morgan fingerprint density at radius 3 is 1.87 bits per heavy atom. The number of aryl methyl sites for hydroxylation is 2. The number of para-hydroxylation sites is 1. The van der Waals surface area contributed by atoms with Gasteiger partial charge in [0.25, 0.3) is 0 Å². The van der Waals surface area contributed by atoms with E-state index < -0.39 is 32.5 Å². The summed E-state index contributed by atoms with van der Waals surface area (Å²) in [6.07, 6.45) is 1.05. The fourth-order valence-electron chi connectivity index (χ4n) is 3.31. The Morgan fingerprint density at radius 2 is 1.42 bits per heavy atom. The van der Waals surface area contributed by atoms with Crippen LogP contribution >= 0.6 is 0 Å². The van der Waals surface area contributed by atoms with Crippen molar-refractivity contribution in [1.82, 2.24) is 4.31 Å². The number of nitrogens with one attached hydrogen (secondary N) is 1. The van der Waals surface area contributed by atoms with Crippen molar-refractivity contribution in [3.8, 4) is 0 Å². The maximum absolute atomic E-state index is 12.6. The second-order valence-corrected chi connectivity index (χ2v) is 11.0. The molecule has 0 aliphatic heterocycles. The van der Waals surface area contributed by atoms with E-state index in [0.717, 1.165) is 21.7 Å². The van der Waals surface area contributed by atoms with E-state index in [-0.39, 0.29) is 4.90 Å². The highest BCUT2D eigenvalue weighted by atomic mass is 32.2. The Hall–Kier alpha value is -2.43. The number of anilines is 2. The van der Waals surface area contributed by atoms with E-state index in [1.54, 1.807) is 39.8 Å². The SMILES string of the molecule is CCN(CC)S(=O)(=O)c1ccc(NC(=O)CN(c2c(C)cccc2C)S(C)(=O)=O)cc1. The summed E-state index contributed by atoms with van der Waals surface area (Å²) in [5.74, 6) is -0.535. The highest BCUT2D eigenvalue weighted by Crippen LogP contribution is 2.26. The van der Waals surface area contributed by atoms with Gasteiger partial charge >= 0.3 is 0 Å². The van der Waals surface area contributed by atoms with E-state index in [2.05, 4.69) is 5.32 Å². The molecule has 2 aromatic carbocycles. The van der Waals surface area contributed by atoms with E-state index >= 15 is 0 Å². The van der Waals surface area contributed by atoms with Crippen molar-refractivity contribution in [3.63, 3.8) is 0 Å². The lowest BCUT2D eigenvalue weighted by Gasteiger charge is -2.25. The van der Waals surface area contributed by atoms with Crippen LogP contribution in [-0.4, -0.2) is 52.9 Å². The van der Waals surface area contributed by atoms with Crippen molar-refractivity contribution in [2.75, 3.05) is 35.5 Å². The molecule has 0 bridgehead atoms. The van der Waals surface area contributed by atoms with Gasteiger partial charge in [0, 0.05) is 18.8 Å². The molecule has 0 heterocycles. The summed E-state index contributed by atoms with van der Waals surface area (Å²) >= 11 is 0. The first-order valence-corrected chi connectivity index (χ1v) is 13.1. The number of carbonyl (C=O) groups excluding carboxylic acids is 1. The monoisotopic (exact) mass is 467 g/mol. The minimum Gasteiger partial charge on any atom is -0.325 e. The van der Waals surface area contributed by atoms with Crippen LogP contribution in [0.25, 0.3) is 0 Å². The average Bonchev–Trinajstić information content (AvgIpc) is 2.67. The molecule has 1 amide bonds. The predicted octanol–water partition coefficient (Wildman–Crippen LogP) is 2.74. The molecule has 2 aromatic rings. The molecule has 10 heteroatoms. The van der Waals surface area contributed by atoms with E-state index in [1.165, 1.54) is 28.6 Å². The summed E-state index contributed by atoms with van der Waals surface area (Å²) in [4.78, 5) is 12.7. The van der Waals surface area contributed by atoms with Gasteiger partial charge in [-0.25, -0.2) is 16.8 Å². The normalized spacial score (nSPS) is 12.1. The molecule has 0 unspecified atom stereocenters. The lowest BCUT2D eigenvalue weighted by atomic mass is 10.1. The van der Waals surface area contributed by atoms with Crippen LogP contribution in [0.5, 0.6) is 0 Å². The van der Waals surface area contributed by atoms with Gasteiger partial charge in [-0.15, -0.1) is 0 Å². The third kappa shape index (κ3) is 5.84. The molecule has 0 radical (unpaired) electrons. The lowest BCUT2D eigenvalue weighted by molar-refractivity contribution is -0.114. The van der Waals surface area contributed by atoms with Crippen LogP contribution in [-0.2, 0) is 24.8 Å². The standard InChI is InChI=1S/C21H29N3O5S2/c1-6-23(7-2)31(28,29)19-13-11-18(12-14-19)22-20(25)15-24(30(5,26)27)21-16(3)9-8-10-17(21)4/h8-14H,6-7,15H2,1-5H3,(H,22,25). The molecule has 0 atom stereocenters. The van der Waals surface area contributed by atoms with Gasteiger partial charge in [0.1, 0.15) is 6.54 Å². The molecular formula is C21H29N3O5S2. The first-order valence-electron chi connectivity index (χ1n) is 9.85. The fourth-order valence-corrected chi connectivity index (χ4v) is 5.74. The van der Waals surface area contributed by atoms with E-state index in [0.29, 0.717) is 24.5 Å². The Kier molecular flexibility index (Phi) is 7.85. The Bertz CT molecular complexity index is 1120. The van der Waals surface area contributed by atoms with Crippen molar-refractivity contribution >= 4 is 37.3 Å². The summed E-state index contributed by atoms with van der Waals surface area (Å²) in [5, 5.41) is 2.64. The molecule has 31 heavy (non-hydrogen) atoms. The molecule has 0 spiro atoms. The molecule has 2 rings (SSSR count). The Morgan fingerprint density at radius 1 is 0.903 bits per heavy atom. The Balaban J connectivity index is 2.23. The number of sulfonamides is 2. The molecule has 0 aromatic heterocycles. The second-order valence-electron chi connectivity index (χ2n) is 7.17. The largest absolute Gasteiger partial charge is 0.325 e. The fraction of sp³-hybridized carbons (Fsp3) is 0.381. The summed E-state index contributed by atoms with van der Waals surface area (Å²) < 4.78 is 52.3. The van der Waals surface area contributed by atoms with E-state index in [9.17, 15) is 21.6 Å². The zero-order valence-corrected chi connectivity index (χ0v) is 20.0. The molecule has 1 N–H and O–H groups in total. The van der Waals surface area contributed by atoms with Crippen molar-refractivity contribution in [2.45, 2.75) is 32.6 Å². The van der Waals surface area contributed by atoms with E-state index in [1.807, 2.05) is 6.07 Å². The van der Waals surface area contributed by atoms with Gasteiger partial charge in [-0.1, -0.05) is 32.0 Å². The third-order valence-corrected chi connectivity index (χ3v) is 8.03. The summed E-state index contributed by atoms with van der Waals surface area (Å²) in [5.41, 5.74) is 2.33. The highest BCUT2D eigenvalue weighted by Gasteiger charge is 2.24. The molecule has 170 valence electrons. The van der Waals surface area contributed by atoms with Gasteiger partial charge in [0.15, 0.2) is 0 Å².